The summed E-state index contributed by atoms with van der Waals surface area (Å²) in [5, 5.41) is 8.14. The summed E-state index contributed by atoms with van der Waals surface area (Å²) in [4.78, 5) is 35.4. The van der Waals surface area contributed by atoms with E-state index >= 15 is 0 Å². The fraction of sp³-hybridized carbons (Fsp3) is 0.294. The average Bonchev–Trinajstić information content (AvgIpc) is 3.04. The molecule has 2 amide bonds. The zero-order valence-electron chi connectivity index (χ0n) is 14.7. The van der Waals surface area contributed by atoms with Gasteiger partial charge in [0.05, 0.1) is 11.0 Å². The van der Waals surface area contributed by atoms with Gasteiger partial charge in [0.25, 0.3) is 5.91 Å². The van der Waals surface area contributed by atoms with Crippen molar-refractivity contribution < 1.29 is 28.0 Å². The summed E-state index contributed by atoms with van der Waals surface area (Å²) in [6, 6.07) is 6.75. The quantitative estimate of drug-likeness (QED) is 0.660. The van der Waals surface area contributed by atoms with Gasteiger partial charge in [0.15, 0.2) is 12.4 Å². The smallest absolute Gasteiger partial charge is 0.316 e. The maximum absolute atomic E-state index is 12.8. The van der Waals surface area contributed by atoms with Crippen LogP contribution in [0.2, 0.25) is 0 Å². The largest absolute Gasteiger partial charge is 0.455 e. The van der Waals surface area contributed by atoms with E-state index in [9.17, 15) is 18.8 Å². The van der Waals surface area contributed by atoms with E-state index in [0.717, 1.165) is 11.8 Å². The molecule has 144 valence electrons. The summed E-state index contributed by atoms with van der Waals surface area (Å²) >= 11 is 1.06. The number of carbonyl (C=O) groups is 3. The number of nitrogens with one attached hydrogen (secondary N) is 2. The third kappa shape index (κ3) is 7.10. The fourth-order valence-corrected chi connectivity index (χ4v) is 2.52. The van der Waals surface area contributed by atoms with Gasteiger partial charge in [-0.1, -0.05) is 5.16 Å². The number of hydrogen-bond acceptors (Lipinski definition) is 7. The van der Waals surface area contributed by atoms with E-state index < -0.39 is 29.6 Å². The van der Waals surface area contributed by atoms with E-state index in [4.69, 9.17) is 9.26 Å². The second-order valence-corrected chi connectivity index (χ2v) is 6.81. The van der Waals surface area contributed by atoms with Crippen LogP contribution in [0.3, 0.4) is 0 Å². The van der Waals surface area contributed by atoms with Crippen molar-refractivity contribution in [1.82, 2.24) is 5.16 Å². The molecule has 0 aliphatic carbocycles. The lowest BCUT2D eigenvalue weighted by molar-refractivity contribution is -0.144. The molecule has 0 aliphatic heterocycles. The maximum Gasteiger partial charge on any atom is 0.316 e. The molecule has 0 saturated heterocycles. The number of hydrogen-bond donors (Lipinski definition) is 2. The van der Waals surface area contributed by atoms with Gasteiger partial charge >= 0.3 is 5.97 Å². The number of aryl methyl sites for hydroxylation is 1. The van der Waals surface area contributed by atoms with E-state index in [0.29, 0.717) is 17.3 Å². The molecule has 1 aromatic heterocycles. The Balaban J connectivity index is 1.66. The number of amides is 2. The number of ether oxygens (including phenoxy) is 1. The first-order chi connectivity index (χ1) is 12.8. The number of benzene rings is 1. The number of esters is 1. The van der Waals surface area contributed by atoms with Crippen LogP contribution in [0.25, 0.3) is 0 Å². The SMILES string of the molecule is Cc1cc(NC(=O)[C@@H](C)SCC(=O)OCC(=O)Nc2ccc(F)cc2)no1. The molecule has 1 heterocycles. The van der Waals surface area contributed by atoms with Crippen molar-refractivity contribution in [3.05, 3.63) is 41.9 Å². The first-order valence-corrected chi connectivity index (χ1v) is 8.95. The van der Waals surface area contributed by atoms with E-state index in [2.05, 4.69) is 15.8 Å². The summed E-state index contributed by atoms with van der Waals surface area (Å²) in [5.41, 5.74) is 0.389. The highest BCUT2D eigenvalue weighted by Crippen LogP contribution is 2.14. The zero-order chi connectivity index (χ0) is 19.8. The highest BCUT2D eigenvalue weighted by molar-refractivity contribution is 8.01. The van der Waals surface area contributed by atoms with Gasteiger partial charge in [-0.25, -0.2) is 4.39 Å². The molecule has 0 spiro atoms. The Morgan fingerprint density at radius 3 is 2.59 bits per heavy atom. The Kier molecular flexibility index (Phi) is 7.35. The molecular weight excluding hydrogens is 377 g/mol. The van der Waals surface area contributed by atoms with Crippen molar-refractivity contribution in [2.45, 2.75) is 19.1 Å². The van der Waals surface area contributed by atoms with Gasteiger partial charge in [-0.15, -0.1) is 11.8 Å². The lowest BCUT2D eigenvalue weighted by Gasteiger charge is -2.10. The van der Waals surface area contributed by atoms with Crippen LogP contribution in [0.4, 0.5) is 15.9 Å². The Labute approximate surface area is 158 Å². The molecule has 0 aliphatic rings. The monoisotopic (exact) mass is 395 g/mol. The fourth-order valence-electron chi connectivity index (χ4n) is 1.84. The van der Waals surface area contributed by atoms with Gasteiger partial charge in [0, 0.05) is 11.8 Å². The van der Waals surface area contributed by atoms with Crippen LogP contribution in [0.1, 0.15) is 12.7 Å². The predicted molar refractivity (Wildman–Crippen MR) is 97.8 cm³/mol. The van der Waals surface area contributed by atoms with Gasteiger partial charge in [-0.05, 0) is 38.1 Å². The van der Waals surface area contributed by atoms with Crippen molar-refractivity contribution in [3.63, 3.8) is 0 Å². The van der Waals surface area contributed by atoms with Crippen molar-refractivity contribution in [2.24, 2.45) is 0 Å². The van der Waals surface area contributed by atoms with E-state index in [1.54, 1.807) is 19.9 Å². The van der Waals surface area contributed by atoms with Gasteiger partial charge < -0.3 is 19.9 Å². The second kappa shape index (κ2) is 9.72. The van der Waals surface area contributed by atoms with E-state index in [1.165, 1.54) is 24.3 Å². The third-order valence-electron chi connectivity index (χ3n) is 3.19. The summed E-state index contributed by atoms with van der Waals surface area (Å²) in [6.45, 7) is 2.85. The van der Waals surface area contributed by atoms with Crippen molar-refractivity contribution >= 4 is 41.1 Å². The number of halogens is 1. The van der Waals surface area contributed by atoms with Crippen LogP contribution in [0.5, 0.6) is 0 Å². The highest BCUT2D eigenvalue weighted by atomic mass is 32.2. The minimum atomic E-state index is -0.633. The molecule has 8 nitrogen and oxygen atoms in total. The number of carbonyl (C=O) groups excluding carboxylic acids is 3. The summed E-state index contributed by atoms with van der Waals surface area (Å²) < 4.78 is 22.5. The number of thioether (sulfide) groups is 1. The van der Waals surface area contributed by atoms with E-state index in [-0.39, 0.29) is 11.7 Å². The normalized spacial score (nSPS) is 11.5. The molecule has 2 aromatic rings. The summed E-state index contributed by atoms with van der Waals surface area (Å²) in [6.07, 6.45) is 0. The average molecular weight is 395 g/mol. The van der Waals surface area contributed by atoms with Crippen molar-refractivity contribution in [2.75, 3.05) is 23.0 Å². The number of anilines is 2. The molecule has 2 N–H and O–H groups in total. The third-order valence-corrected chi connectivity index (χ3v) is 4.31. The molecule has 0 fully saturated rings. The molecular formula is C17H18FN3O5S. The highest BCUT2D eigenvalue weighted by Gasteiger charge is 2.17. The van der Waals surface area contributed by atoms with Crippen molar-refractivity contribution in [3.8, 4) is 0 Å². The standard InChI is InChI=1S/C17H18FN3O5S/c1-10-7-14(21-26-10)20-17(24)11(2)27-9-16(23)25-8-15(22)19-13-5-3-12(18)4-6-13/h3-7,11H,8-9H2,1-2H3,(H,19,22)(H,20,21,24)/t11-/m1/s1. The number of aromatic nitrogens is 1. The van der Waals surface area contributed by atoms with Gasteiger partial charge in [-0.3, -0.25) is 14.4 Å². The minimum absolute atomic E-state index is 0.101. The molecule has 0 saturated carbocycles. The zero-order valence-corrected chi connectivity index (χ0v) is 15.5. The van der Waals surface area contributed by atoms with Crippen LogP contribution < -0.4 is 10.6 Å². The van der Waals surface area contributed by atoms with Crippen LogP contribution >= 0.6 is 11.8 Å². The van der Waals surface area contributed by atoms with Gasteiger partial charge in [-0.2, -0.15) is 0 Å². The number of rotatable bonds is 8. The molecule has 27 heavy (non-hydrogen) atoms. The van der Waals surface area contributed by atoms with Crippen LogP contribution in [-0.4, -0.2) is 40.6 Å². The Morgan fingerprint density at radius 1 is 1.26 bits per heavy atom. The summed E-state index contributed by atoms with van der Waals surface area (Å²) in [7, 11) is 0. The Bertz CT molecular complexity index is 809. The van der Waals surface area contributed by atoms with Crippen LogP contribution in [-0.2, 0) is 19.1 Å². The first kappa shape index (κ1) is 20.4. The molecule has 1 atom stereocenters. The molecule has 0 radical (unpaired) electrons. The Hall–Kier alpha value is -2.88. The minimum Gasteiger partial charge on any atom is -0.455 e. The Morgan fingerprint density at radius 2 is 1.96 bits per heavy atom. The molecule has 1 aromatic carbocycles. The summed E-state index contributed by atoms with van der Waals surface area (Å²) in [5.74, 6) is -1.18. The van der Waals surface area contributed by atoms with Gasteiger partial charge in [0.2, 0.25) is 5.91 Å². The maximum atomic E-state index is 12.8. The lowest BCUT2D eigenvalue weighted by atomic mass is 10.3. The lowest BCUT2D eigenvalue weighted by Crippen LogP contribution is -2.25. The van der Waals surface area contributed by atoms with Gasteiger partial charge in [0.1, 0.15) is 11.6 Å². The van der Waals surface area contributed by atoms with Crippen LogP contribution in [0.15, 0.2) is 34.9 Å². The topological polar surface area (TPSA) is 111 Å². The van der Waals surface area contributed by atoms with Crippen LogP contribution in [0, 0.1) is 12.7 Å². The molecule has 2 rings (SSSR count). The second-order valence-electron chi connectivity index (χ2n) is 5.48. The van der Waals surface area contributed by atoms with E-state index in [1.807, 2.05) is 0 Å². The number of nitrogens with zero attached hydrogens (tertiary/aromatic N) is 1. The predicted octanol–water partition coefficient (Wildman–Crippen LogP) is 2.36. The molecule has 0 bridgehead atoms. The van der Waals surface area contributed by atoms with Crippen molar-refractivity contribution in [1.29, 1.82) is 0 Å². The molecule has 0 unspecified atom stereocenters. The first-order valence-electron chi connectivity index (χ1n) is 7.90. The molecule has 10 heteroatoms.